The number of nitrogens with one attached hydrogen (secondary N) is 2. The summed E-state index contributed by atoms with van der Waals surface area (Å²) in [4.78, 5) is 37.2. The minimum absolute atomic E-state index is 0.114. The quantitative estimate of drug-likeness (QED) is 0.585. The summed E-state index contributed by atoms with van der Waals surface area (Å²) in [5, 5.41) is 7.56. The third-order valence-corrected chi connectivity index (χ3v) is 5.50. The van der Waals surface area contributed by atoms with Gasteiger partial charge >= 0.3 is 5.97 Å². The number of quaternary nitrogens is 1. The molecule has 2 rings (SSSR count). The number of amides is 2. The van der Waals surface area contributed by atoms with Gasteiger partial charge in [0.2, 0.25) is 0 Å². The van der Waals surface area contributed by atoms with Crippen molar-refractivity contribution in [3.63, 3.8) is 0 Å². The van der Waals surface area contributed by atoms with Crippen molar-refractivity contribution in [2.24, 2.45) is 0 Å². The Morgan fingerprint density at radius 2 is 1.89 bits per heavy atom. The molecule has 0 aliphatic heterocycles. The van der Waals surface area contributed by atoms with Gasteiger partial charge in [0.25, 0.3) is 11.8 Å². The smallest absolute Gasteiger partial charge is 0.341 e. The molecule has 4 N–H and O–H groups in total. The highest BCUT2D eigenvalue weighted by Gasteiger charge is 2.26. The van der Waals surface area contributed by atoms with E-state index in [4.69, 9.17) is 4.74 Å². The number of thiophene rings is 1. The lowest BCUT2D eigenvalue weighted by Gasteiger charge is -2.11. The predicted molar refractivity (Wildman–Crippen MR) is 109 cm³/mol. The number of ether oxygens (including phenoxy) is 1. The third kappa shape index (κ3) is 5.17. The van der Waals surface area contributed by atoms with E-state index in [2.05, 4.69) is 10.6 Å². The number of benzene rings is 1. The second kappa shape index (κ2) is 10.0. The zero-order chi connectivity index (χ0) is 20.7. The van der Waals surface area contributed by atoms with Crippen molar-refractivity contribution in [3.8, 4) is 0 Å². The van der Waals surface area contributed by atoms with Crippen molar-refractivity contribution in [1.29, 1.82) is 0 Å². The Kier molecular flexibility index (Phi) is 7.71. The largest absolute Gasteiger partial charge is 0.462 e. The number of hydrogen-bond donors (Lipinski definition) is 3. The van der Waals surface area contributed by atoms with Crippen LogP contribution in [0.15, 0.2) is 30.3 Å². The minimum atomic E-state index is -0.552. The zero-order valence-electron chi connectivity index (χ0n) is 16.5. The highest BCUT2D eigenvalue weighted by atomic mass is 32.1. The van der Waals surface area contributed by atoms with E-state index in [1.165, 1.54) is 7.05 Å². The molecule has 0 fully saturated rings. The molecule has 7 nitrogen and oxygen atoms in total. The Labute approximate surface area is 168 Å². The van der Waals surface area contributed by atoms with Crippen molar-refractivity contribution in [1.82, 2.24) is 5.32 Å². The first-order chi connectivity index (χ1) is 13.4. The number of rotatable bonds is 8. The van der Waals surface area contributed by atoms with Gasteiger partial charge in [0.15, 0.2) is 6.54 Å². The molecule has 0 aliphatic rings. The first-order valence-corrected chi connectivity index (χ1v) is 9.91. The third-order valence-electron chi connectivity index (χ3n) is 4.29. The monoisotopic (exact) mass is 404 g/mol. The molecule has 150 valence electrons. The van der Waals surface area contributed by atoms with Gasteiger partial charge in [-0.2, -0.15) is 0 Å². The fourth-order valence-corrected chi connectivity index (χ4v) is 3.89. The molecule has 0 spiro atoms. The Morgan fingerprint density at radius 3 is 2.50 bits per heavy atom. The standard InChI is InChI=1S/C20H25N3O4S/c1-5-27-20(26)16-12(2)17(18(25)21-4)28-19(16)23-15(24)11-22-13(3)14-9-7-6-8-10-14/h6-10,13,22H,5,11H2,1-4H3,(H,21,25)(H,23,24)/p+1/t13-/m1/s1. The van der Waals surface area contributed by atoms with E-state index >= 15 is 0 Å². The van der Waals surface area contributed by atoms with E-state index in [-0.39, 0.29) is 36.6 Å². The van der Waals surface area contributed by atoms with Crippen LogP contribution in [0.4, 0.5) is 5.00 Å². The van der Waals surface area contributed by atoms with E-state index < -0.39 is 5.97 Å². The fraction of sp³-hybridized carbons (Fsp3) is 0.350. The van der Waals surface area contributed by atoms with Crippen molar-refractivity contribution < 1.29 is 24.4 Å². The summed E-state index contributed by atoms with van der Waals surface area (Å²) < 4.78 is 5.09. The molecular weight excluding hydrogens is 378 g/mol. The molecule has 0 saturated carbocycles. The first kappa shape index (κ1) is 21.6. The van der Waals surface area contributed by atoms with E-state index in [9.17, 15) is 14.4 Å². The topological polar surface area (TPSA) is 101 Å². The van der Waals surface area contributed by atoms with Crippen LogP contribution in [0.5, 0.6) is 0 Å². The second-order valence-electron chi connectivity index (χ2n) is 6.25. The molecule has 0 saturated heterocycles. The van der Waals surface area contributed by atoms with Gasteiger partial charge in [0.1, 0.15) is 11.0 Å². The number of carbonyl (C=O) groups excluding carboxylic acids is 3. The van der Waals surface area contributed by atoms with E-state index in [0.29, 0.717) is 15.4 Å². The van der Waals surface area contributed by atoms with Crippen LogP contribution in [0.25, 0.3) is 0 Å². The van der Waals surface area contributed by atoms with Gasteiger partial charge < -0.3 is 20.7 Å². The van der Waals surface area contributed by atoms with Crippen LogP contribution in [0.3, 0.4) is 0 Å². The number of carbonyl (C=O) groups is 3. The van der Waals surface area contributed by atoms with Crippen molar-refractivity contribution >= 4 is 34.1 Å². The molecule has 2 aromatic rings. The summed E-state index contributed by atoms with van der Waals surface area (Å²) in [6.45, 7) is 5.79. The second-order valence-corrected chi connectivity index (χ2v) is 7.27. The van der Waals surface area contributed by atoms with E-state index in [1.807, 2.05) is 42.6 Å². The highest BCUT2D eigenvalue weighted by molar-refractivity contribution is 7.18. The normalized spacial score (nSPS) is 11.6. The highest BCUT2D eigenvalue weighted by Crippen LogP contribution is 2.33. The van der Waals surface area contributed by atoms with Crippen LogP contribution in [-0.2, 0) is 9.53 Å². The van der Waals surface area contributed by atoms with Crippen LogP contribution >= 0.6 is 11.3 Å². The van der Waals surface area contributed by atoms with Gasteiger partial charge in [0, 0.05) is 12.6 Å². The van der Waals surface area contributed by atoms with Crippen molar-refractivity contribution in [3.05, 3.63) is 51.9 Å². The maximum absolute atomic E-state index is 12.5. The summed E-state index contributed by atoms with van der Waals surface area (Å²) in [5.41, 5.74) is 1.85. The van der Waals surface area contributed by atoms with Crippen molar-refractivity contribution in [2.45, 2.75) is 26.8 Å². The Morgan fingerprint density at radius 1 is 1.21 bits per heavy atom. The lowest BCUT2D eigenvalue weighted by Crippen LogP contribution is -2.86. The maximum Gasteiger partial charge on any atom is 0.341 e. The summed E-state index contributed by atoms with van der Waals surface area (Å²) >= 11 is 1.07. The van der Waals surface area contributed by atoms with Crippen molar-refractivity contribution in [2.75, 3.05) is 25.5 Å². The van der Waals surface area contributed by atoms with E-state index in [1.54, 1.807) is 13.8 Å². The molecule has 0 radical (unpaired) electrons. The Bertz CT molecular complexity index is 849. The number of esters is 1. The molecule has 1 aromatic carbocycles. The average Bonchev–Trinajstić information content (AvgIpc) is 3.02. The zero-order valence-corrected chi connectivity index (χ0v) is 17.3. The molecular formula is C20H26N3O4S+. The molecule has 2 amide bonds. The van der Waals surface area contributed by atoms with Gasteiger partial charge in [-0.15, -0.1) is 11.3 Å². The molecule has 8 heteroatoms. The SMILES string of the molecule is CCOC(=O)c1c(NC(=O)C[NH2+][C@H](C)c2ccccc2)sc(C(=O)NC)c1C. The summed E-state index contributed by atoms with van der Waals surface area (Å²) in [6.07, 6.45) is 0. The van der Waals surface area contributed by atoms with Gasteiger partial charge in [-0.05, 0) is 26.3 Å². The first-order valence-electron chi connectivity index (χ1n) is 9.09. The average molecular weight is 405 g/mol. The lowest BCUT2D eigenvalue weighted by molar-refractivity contribution is -0.682. The van der Waals surface area contributed by atoms with Crippen LogP contribution in [0, 0.1) is 6.92 Å². The molecule has 1 aromatic heterocycles. The van der Waals surface area contributed by atoms with Crippen LogP contribution in [-0.4, -0.2) is 38.0 Å². The summed E-state index contributed by atoms with van der Waals surface area (Å²) in [6, 6.07) is 10.00. The number of nitrogens with two attached hydrogens (primary N) is 1. The molecule has 0 unspecified atom stereocenters. The Hall–Kier alpha value is -2.71. The van der Waals surface area contributed by atoms with Crippen LogP contribution in [0.1, 0.15) is 51.0 Å². The minimum Gasteiger partial charge on any atom is -0.462 e. The van der Waals surface area contributed by atoms with E-state index in [0.717, 1.165) is 16.9 Å². The van der Waals surface area contributed by atoms with Gasteiger partial charge in [-0.3, -0.25) is 9.59 Å². The van der Waals surface area contributed by atoms with Crippen LogP contribution in [0.2, 0.25) is 0 Å². The van der Waals surface area contributed by atoms with Gasteiger partial charge in [0.05, 0.1) is 17.0 Å². The van der Waals surface area contributed by atoms with Crippen LogP contribution < -0.4 is 16.0 Å². The lowest BCUT2D eigenvalue weighted by atomic mass is 10.1. The molecule has 0 aliphatic carbocycles. The summed E-state index contributed by atoms with van der Waals surface area (Å²) in [7, 11) is 1.52. The molecule has 0 bridgehead atoms. The van der Waals surface area contributed by atoms with Gasteiger partial charge in [-0.1, -0.05) is 30.3 Å². The predicted octanol–water partition coefficient (Wildman–Crippen LogP) is 1.86. The number of anilines is 1. The number of hydrogen-bond acceptors (Lipinski definition) is 5. The molecule has 28 heavy (non-hydrogen) atoms. The fourth-order valence-electron chi connectivity index (χ4n) is 2.73. The van der Waals surface area contributed by atoms with Gasteiger partial charge in [-0.25, -0.2) is 4.79 Å². The summed E-state index contributed by atoms with van der Waals surface area (Å²) in [5.74, 6) is -1.11. The molecule has 1 atom stereocenters. The molecule has 1 heterocycles. The Balaban J connectivity index is 2.14. The maximum atomic E-state index is 12.5.